The van der Waals surface area contributed by atoms with Crippen molar-refractivity contribution in [2.75, 3.05) is 11.9 Å². The summed E-state index contributed by atoms with van der Waals surface area (Å²) in [7, 11) is 0. The van der Waals surface area contributed by atoms with Crippen LogP contribution in [0, 0.1) is 17.1 Å². The lowest BCUT2D eigenvalue weighted by molar-refractivity contribution is -0.112. The molecule has 3 aromatic rings. The number of nitrogens with zero attached hydrogens (tertiary/aromatic N) is 1. The van der Waals surface area contributed by atoms with Gasteiger partial charge in [-0.25, -0.2) is 4.39 Å². The quantitative estimate of drug-likeness (QED) is 0.286. The predicted octanol–water partition coefficient (Wildman–Crippen LogP) is 6.66. The molecule has 0 aliphatic carbocycles. The van der Waals surface area contributed by atoms with Crippen molar-refractivity contribution in [2.24, 2.45) is 0 Å². The Morgan fingerprint density at radius 2 is 1.79 bits per heavy atom. The minimum absolute atomic E-state index is 0.0999. The number of hydrogen-bond acceptors (Lipinski definition) is 4. The summed E-state index contributed by atoms with van der Waals surface area (Å²) < 4.78 is 24.3. The van der Waals surface area contributed by atoms with Gasteiger partial charge in [-0.1, -0.05) is 35.3 Å². The van der Waals surface area contributed by atoms with Gasteiger partial charge in [0.25, 0.3) is 5.91 Å². The summed E-state index contributed by atoms with van der Waals surface area (Å²) in [5.41, 5.74) is 1.40. The first kappa shape index (κ1) is 24.1. The van der Waals surface area contributed by atoms with Crippen molar-refractivity contribution in [1.29, 1.82) is 5.26 Å². The Bertz CT molecular complexity index is 1200. The van der Waals surface area contributed by atoms with E-state index in [0.717, 1.165) is 0 Å². The Morgan fingerprint density at radius 3 is 2.42 bits per heavy atom. The number of carbonyl (C=O) groups is 1. The maximum absolute atomic E-state index is 13.1. The van der Waals surface area contributed by atoms with Gasteiger partial charge in [-0.3, -0.25) is 4.79 Å². The molecule has 5 nitrogen and oxygen atoms in total. The predicted molar refractivity (Wildman–Crippen MR) is 127 cm³/mol. The lowest BCUT2D eigenvalue weighted by Crippen LogP contribution is -2.13. The van der Waals surface area contributed by atoms with Crippen LogP contribution < -0.4 is 14.8 Å². The van der Waals surface area contributed by atoms with Crippen LogP contribution in [0.15, 0.2) is 66.2 Å². The number of carbonyl (C=O) groups excluding carboxylic acids is 1. The molecular weight excluding hydrogens is 466 g/mol. The molecule has 0 bridgehead atoms. The highest BCUT2D eigenvalue weighted by Crippen LogP contribution is 2.34. The molecule has 0 fully saturated rings. The van der Waals surface area contributed by atoms with E-state index in [-0.39, 0.29) is 28.8 Å². The first-order valence-corrected chi connectivity index (χ1v) is 10.7. The van der Waals surface area contributed by atoms with E-state index in [9.17, 15) is 14.4 Å². The molecule has 3 aromatic carbocycles. The van der Waals surface area contributed by atoms with E-state index in [1.807, 2.05) is 13.0 Å². The Labute approximate surface area is 201 Å². The topological polar surface area (TPSA) is 71.3 Å². The lowest BCUT2D eigenvalue weighted by atomic mass is 10.1. The zero-order valence-electron chi connectivity index (χ0n) is 17.6. The van der Waals surface area contributed by atoms with Gasteiger partial charge >= 0.3 is 0 Å². The molecule has 0 unspecified atom stereocenters. The Balaban J connectivity index is 1.83. The first-order chi connectivity index (χ1) is 15.9. The van der Waals surface area contributed by atoms with Gasteiger partial charge in [0.2, 0.25) is 0 Å². The molecule has 0 spiro atoms. The minimum Gasteiger partial charge on any atom is -0.494 e. The molecule has 3 rings (SSSR count). The smallest absolute Gasteiger partial charge is 0.266 e. The van der Waals surface area contributed by atoms with E-state index in [1.165, 1.54) is 30.3 Å². The summed E-state index contributed by atoms with van der Waals surface area (Å²) in [6.45, 7) is 2.50. The maximum atomic E-state index is 13.1. The molecule has 1 N–H and O–H groups in total. The van der Waals surface area contributed by atoms with Gasteiger partial charge in [-0.05, 0) is 67.1 Å². The third-order valence-electron chi connectivity index (χ3n) is 4.42. The van der Waals surface area contributed by atoms with Gasteiger partial charge < -0.3 is 14.8 Å². The molecular formula is C25H19Cl2FN2O3. The highest BCUT2D eigenvalue weighted by molar-refractivity contribution is 6.36. The van der Waals surface area contributed by atoms with E-state index in [2.05, 4.69) is 5.32 Å². The third kappa shape index (κ3) is 6.72. The van der Waals surface area contributed by atoms with Crippen LogP contribution in [-0.4, -0.2) is 12.5 Å². The van der Waals surface area contributed by atoms with E-state index in [1.54, 1.807) is 36.4 Å². The van der Waals surface area contributed by atoms with E-state index in [0.29, 0.717) is 34.2 Å². The van der Waals surface area contributed by atoms with Crippen molar-refractivity contribution >= 4 is 40.9 Å². The molecule has 0 aromatic heterocycles. The van der Waals surface area contributed by atoms with Gasteiger partial charge in [-0.15, -0.1) is 0 Å². The number of ether oxygens (including phenoxy) is 2. The zero-order chi connectivity index (χ0) is 23.8. The van der Waals surface area contributed by atoms with Crippen LogP contribution in [0.3, 0.4) is 0 Å². The summed E-state index contributed by atoms with van der Waals surface area (Å²) >= 11 is 12.4. The average Bonchev–Trinajstić information content (AvgIpc) is 2.79. The molecule has 8 heteroatoms. The van der Waals surface area contributed by atoms with Crippen LogP contribution in [-0.2, 0) is 11.4 Å². The molecule has 0 saturated heterocycles. The number of nitrogens with one attached hydrogen (secondary N) is 1. The van der Waals surface area contributed by atoms with Gasteiger partial charge in [0, 0.05) is 16.3 Å². The summed E-state index contributed by atoms with van der Waals surface area (Å²) in [5.74, 6) is -0.0542. The van der Waals surface area contributed by atoms with Crippen molar-refractivity contribution in [3.8, 4) is 17.6 Å². The second-order valence-electron chi connectivity index (χ2n) is 6.80. The van der Waals surface area contributed by atoms with E-state index in [4.69, 9.17) is 32.7 Å². The van der Waals surface area contributed by atoms with Crippen molar-refractivity contribution in [2.45, 2.75) is 13.5 Å². The Hall–Kier alpha value is -3.53. The van der Waals surface area contributed by atoms with Crippen molar-refractivity contribution in [3.63, 3.8) is 0 Å². The highest BCUT2D eigenvalue weighted by atomic mass is 35.5. The summed E-state index contributed by atoms with van der Waals surface area (Å²) in [4.78, 5) is 12.7. The van der Waals surface area contributed by atoms with Crippen LogP contribution in [0.4, 0.5) is 10.1 Å². The van der Waals surface area contributed by atoms with Gasteiger partial charge in [0.05, 0.1) is 11.6 Å². The fourth-order valence-corrected chi connectivity index (χ4v) is 3.44. The average molecular weight is 485 g/mol. The molecule has 33 heavy (non-hydrogen) atoms. The largest absolute Gasteiger partial charge is 0.494 e. The van der Waals surface area contributed by atoms with Crippen LogP contribution in [0.5, 0.6) is 11.5 Å². The Kier molecular flexibility index (Phi) is 8.31. The number of hydrogen-bond donors (Lipinski definition) is 1. The van der Waals surface area contributed by atoms with Gasteiger partial charge in [-0.2, -0.15) is 5.26 Å². The van der Waals surface area contributed by atoms with Crippen LogP contribution in [0.1, 0.15) is 18.1 Å². The summed E-state index contributed by atoms with van der Waals surface area (Å²) in [5, 5.41) is 12.8. The fraction of sp³-hybridized carbons (Fsp3) is 0.120. The number of amides is 1. The van der Waals surface area contributed by atoms with Crippen LogP contribution >= 0.6 is 23.2 Å². The number of rotatable bonds is 8. The standard InChI is InChI=1S/C25H19Cl2FN2O3/c1-2-32-22-9-7-21(8-10-22)30-25(31)18(14-29)11-17-12-19(26)13-23(27)24(17)33-15-16-3-5-20(28)6-4-16/h3-13H,2,15H2,1H3,(H,30,31)/b18-11+. The number of nitriles is 1. The minimum atomic E-state index is -0.609. The number of benzene rings is 3. The lowest BCUT2D eigenvalue weighted by Gasteiger charge is -2.13. The maximum Gasteiger partial charge on any atom is 0.266 e. The highest BCUT2D eigenvalue weighted by Gasteiger charge is 2.15. The zero-order valence-corrected chi connectivity index (χ0v) is 19.1. The van der Waals surface area contributed by atoms with Gasteiger partial charge in [0.1, 0.15) is 35.6 Å². The number of halogens is 3. The summed E-state index contributed by atoms with van der Waals surface area (Å²) in [6, 6.07) is 17.5. The van der Waals surface area contributed by atoms with Crippen molar-refractivity contribution in [1.82, 2.24) is 0 Å². The molecule has 1 amide bonds. The molecule has 168 valence electrons. The van der Waals surface area contributed by atoms with Crippen LogP contribution in [0.2, 0.25) is 10.0 Å². The molecule has 0 radical (unpaired) electrons. The molecule has 0 saturated carbocycles. The fourth-order valence-electron chi connectivity index (χ4n) is 2.88. The SMILES string of the molecule is CCOc1ccc(NC(=O)/C(C#N)=C/c2cc(Cl)cc(Cl)c2OCc2ccc(F)cc2)cc1. The number of anilines is 1. The Morgan fingerprint density at radius 1 is 1.09 bits per heavy atom. The second-order valence-corrected chi connectivity index (χ2v) is 7.65. The monoisotopic (exact) mass is 484 g/mol. The second kappa shape index (κ2) is 11.4. The van der Waals surface area contributed by atoms with Crippen molar-refractivity contribution in [3.05, 3.63) is 93.2 Å². The first-order valence-electron chi connectivity index (χ1n) is 9.92. The summed E-state index contributed by atoms with van der Waals surface area (Å²) in [6.07, 6.45) is 1.35. The normalized spacial score (nSPS) is 10.9. The van der Waals surface area contributed by atoms with E-state index < -0.39 is 5.91 Å². The molecule has 0 heterocycles. The van der Waals surface area contributed by atoms with Gasteiger partial charge in [0.15, 0.2) is 0 Å². The van der Waals surface area contributed by atoms with E-state index >= 15 is 0 Å². The van der Waals surface area contributed by atoms with Crippen LogP contribution in [0.25, 0.3) is 6.08 Å². The third-order valence-corrected chi connectivity index (χ3v) is 4.92. The molecule has 0 aliphatic rings. The van der Waals surface area contributed by atoms with Crippen molar-refractivity contribution < 1.29 is 18.7 Å². The molecule has 0 aliphatic heterocycles. The molecule has 0 atom stereocenters.